The van der Waals surface area contributed by atoms with Crippen LogP contribution >= 0.6 is 38.9 Å². The maximum atomic E-state index is 12.9. The number of amides is 1. The molecule has 0 saturated carbocycles. The van der Waals surface area contributed by atoms with Crippen LogP contribution in [0.25, 0.3) is 10.4 Å². The number of hydrogen-bond donors (Lipinski definition) is 0. The van der Waals surface area contributed by atoms with Crippen LogP contribution in [-0.4, -0.2) is 42.0 Å². The van der Waals surface area contributed by atoms with E-state index in [9.17, 15) is 4.79 Å². The molecule has 138 valence electrons. The number of hydrogen-bond acceptors (Lipinski definition) is 4. The number of carbonyl (C=O) groups is 1. The minimum atomic E-state index is 0.101. The molecular weight excluding hydrogens is 446 g/mol. The summed E-state index contributed by atoms with van der Waals surface area (Å²) >= 11 is 10.9. The van der Waals surface area contributed by atoms with E-state index in [4.69, 9.17) is 11.6 Å². The van der Waals surface area contributed by atoms with Gasteiger partial charge in [-0.3, -0.25) is 4.79 Å². The van der Waals surface area contributed by atoms with Gasteiger partial charge in [0.05, 0.1) is 4.88 Å². The standard InChI is InChI=1S/C20H17BrClN3OS/c21-15-3-8-19(23-13-15)24-9-11-25(12-10-24)20(26)18-7-6-17(27-18)14-1-4-16(22)5-2-14/h1-8,13H,9-12H2. The molecule has 3 aromatic rings. The van der Waals surface area contributed by atoms with Gasteiger partial charge in [-0.1, -0.05) is 23.7 Å². The molecule has 4 rings (SSSR count). The van der Waals surface area contributed by atoms with Crippen molar-refractivity contribution in [2.75, 3.05) is 31.1 Å². The number of pyridine rings is 1. The average molecular weight is 463 g/mol. The highest BCUT2D eigenvalue weighted by Gasteiger charge is 2.24. The summed E-state index contributed by atoms with van der Waals surface area (Å²) in [5.74, 6) is 1.05. The first-order chi connectivity index (χ1) is 13.1. The predicted molar refractivity (Wildman–Crippen MR) is 115 cm³/mol. The molecular formula is C20H17BrClN3OS. The molecule has 4 nitrogen and oxygen atoms in total. The van der Waals surface area contributed by atoms with E-state index in [2.05, 4.69) is 25.8 Å². The highest BCUT2D eigenvalue weighted by molar-refractivity contribution is 9.10. The Morgan fingerprint density at radius 3 is 2.41 bits per heavy atom. The lowest BCUT2D eigenvalue weighted by atomic mass is 10.2. The minimum Gasteiger partial charge on any atom is -0.353 e. The second kappa shape index (κ2) is 8.00. The summed E-state index contributed by atoms with van der Waals surface area (Å²) < 4.78 is 0.967. The van der Waals surface area contributed by atoms with Crippen molar-refractivity contribution in [3.63, 3.8) is 0 Å². The molecule has 1 amide bonds. The quantitative estimate of drug-likeness (QED) is 0.537. The molecule has 7 heteroatoms. The maximum Gasteiger partial charge on any atom is 0.264 e. The molecule has 0 N–H and O–H groups in total. The topological polar surface area (TPSA) is 36.4 Å². The Morgan fingerprint density at radius 1 is 1.00 bits per heavy atom. The third kappa shape index (κ3) is 4.18. The average Bonchev–Trinajstić information content (AvgIpc) is 3.19. The molecule has 0 spiro atoms. The molecule has 2 aromatic heterocycles. The van der Waals surface area contributed by atoms with Gasteiger partial charge in [-0.2, -0.15) is 0 Å². The number of carbonyl (C=O) groups excluding carboxylic acids is 1. The first-order valence-electron chi connectivity index (χ1n) is 8.62. The van der Waals surface area contributed by atoms with Crippen molar-refractivity contribution in [2.45, 2.75) is 0 Å². The lowest BCUT2D eigenvalue weighted by Gasteiger charge is -2.35. The molecule has 0 aliphatic carbocycles. The fourth-order valence-electron chi connectivity index (χ4n) is 3.07. The molecule has 3 heterocycles. The van der Waals surface area contributed by atoms with Gasteiger partial charge in [0.1, 0.15) is 5.82 Å². The van der Waals surface area contributed by atoms with Crippen molar-refractivity contribution in [1.82, 2.24) is 9.88 Å². The van der Waals surface area contributed by atoms with Crippen LogP contribution in [0.2, 0.25) is 5.02 Å². The summed E-state index contributed by atoms with van der Waals surface area (Å²) in [5.41, 5.74) is 1.08. The van der Waals surface area contributed by atoms with E-state index in [0.29, 0.717) is 18.1 Å². The Balaban J connectivity index is 1.41. The van der Waals surface area contributed by atoms with E-state index in [1.165, 1.54) is 11.3 Å². The lowest BCUT2D eigenvalue weighted by molar-refractivity contribution is 0.0751. The molecule has 1 aliphatic rings. The zero-order valence-corrected chi connectivity index (χ0v) is 17.6. The molecule has 27 heavy (non-hydrogen) atoms. The zero-order chi connectivity index (χ0) is 18.8. The van der Waals surface area contributed by atoms with E-state index in [0.717, 1.165) is 38.7 Å². The van der Waals surface area contributed by atoms with Gasteiger partial charge < -0.3 is 9.80 Å². The number of piperazine rings is 1. The third-order valence-corrected chi connectivity index (χ3v) is 6.39. The summed E-state index contributed by atoms with van der Waals surface area (Å²) in [5, 5.41) is 0.713. The van der Waals surface area contributed by atoms with Crippen LogP contribution in [0.5, 0.6) is 0 Å². The van der Waals surface area contributed by atoms with Gasteiger partial charge in [0.2, 0.25) is 0 Å². The number of halogens is 2. The van der Waals surface area contributed by atoms with Crippen LogP contribution < -0.4 is 4.90 Å². The smallest absolute Gasteiger partial charge is 0.264 e. The van der Waals surface area contributed by atoms with Crippen molar-refractivity contribution in [3.8, 4) is 10.4 Å². The summed E-state index contributed by atoms with van der Waals surface area (Å²) in [7, 11) is 0. The third-order valence-electron chi connectivity index (χ3n) is 4.55. The highest BCUT2D eigenvalue weighted by atomic mass is 79.9. The fraction of sp³-hybridized carbons (Fsp3) is 0.200. The Morgan fingerprint density at radius 2 is 1.74 bits per heavy atom. The molecule has 1 fully saturated rings. The van der Waals surface area contributed by atoms with Crippen LogP contribution in [0.4, 0.5) is 5.82 Å². The summed E-state index contributed by atoms with van der Waals surface area (Å²) in [6.45, 7) is 2.97. The molecule has 1 aliphatic heterocycles. The number of aromatic nitrogens is 1. The van der Waals surface area contributed by atoms with Gasteiger partial charge in [0.25, 0.3) is 5.91 Å². The Kier molecular flexibility index (Phi) is 5.48. The first kappa shape index (κ1) is 18.5. The van der Waals surface area contributed by atoms with Crippen molar-refractivity contribution in [1.29, 1.82) is 0 Å². The Labute approximate surface area is 175 Å². The Bertz CT molecular complexity index is 935. The zero-order valence-electron chi connectivity index (χ0n) is 14.4. The molecule has 1 aromatic carbocycles. The minimum absolute atomic E-state index is 0.101. The van der Waals surface area contributed by atoms with Crippen LogP contribution in [0.1, 0.15) is 9.67 Å². The second-order valence-corrected chi connectivity index (χ2v) is 8.72. The first-order valence-corrected chi connectivity index (χ1v) is 10.6. The Hall–Kier alpha value is -1.89. The van der Waals surface area contributed by atoms with Gasteiger partial charge in [-0.15, -0.1) is 11.3 Å². The largest absolute Gasteiger partial charge is 0.353 e. The van der Waals surface area contributed by atoms with E-state index in [1.54, 1.807) is 6.20 Å². The molecule has 0 unspecified atom stereocenters. The second-order valence-electron chi connectivity index (χ2n) is 6.28. The number of anilines is 1. The lowest BCUT2D eigenvalue weighted by Crippen LogP contribution is -2.48. The van der Waals surface area contributed by atoms with Crippen molar-refractivity contribution in [3.05, 3.63) is 69.1 Å². The van der Waals surface area contributed by atoms with E-state index >= 15 is 0 Å². The number of nitrogens with zero attached hydrogens (tertiary/aromatic N) is 3. The summed E-state index contributed by atoms with van der Waals surface area (Å²) in [6, 6.07) is 15.6. The summed E-state index contributed by atoms with van der Waals surface area (Å²) in [4.78, 5) is 23.3. The van der Waals surface area contributed by atoms with Crippen LogP contribution in [0.3, 0.4) is 0 Å². The van der Waals surface area contributed by atoms with Gasteiger partial charge in [-0.05, 0) is 57.9 Å². The van der Waals surface area contributed by atoms with Gasteiger partial charge in [-0.25, -0.2) is 4.98 Å². The maximum absolute atomic E-state index is 12.9. The van der Waals surface area contributed by atoms with Crippen molar-refractivity contribution < 1.29 is 4.79 Å². The van der Waals surface area contributed by atoms with Gasteiger partial charge in [0.15, 0.2) is 0 Å². The predicted octanol–water partition coefficient (Wildman–Crippen LogP) is 5.19. The van der Waals surface area contributed by atoms with Crippen LogP contribution in [-0.2, 0) is 0 Å². The van der Waals surface area contributed by atoms with Gasteiger partial charge in [0, 0.05) is 46.7 Å². The number of benzene rings is 1. The normalized spacial score (nSPS) is 14.4. The van der Waals surface area contributed by atoms with Crippen molar-refractivity contribution in [2.24, 2.45) is 0 Å². The van der Waals surface area contributed by atoms with Gasteiger partial charge >= 0.3 is 0 Å². The monoisotopic (exact) mass is 461 g/mol. The SMILES string of the molecule is O=C(c1ccc(-c2ccc(Cl)cc2)s1)N1CCN(c2ccc(Br)cn2)CC1. The van der Waals surface area contributed by atoms with E-state index in [-0.39, 0.29) is 5.91 Å². The van der Waals surface area contributed by atoms with E-state index in [1.807, 2.05) is 53.4 Å². The van der Waals surface area contributed by atoms with E-state index < -0.39 is 0 Å². The molecule has 0 radical (unpaired) electrons. The van der Waals surface area contributed by atoms with Crippen LogP contribution in [0, 0.1) is 0 Å². The fourth-order valence-corrected chi connectivity index (χ4v) is 4.41. The number of rotatable bonds is 3. The summed E-state index contributed by atoms with van der Waals surface area (Å²) in [6.07, 6.45) is 1.80. The molecule has 1 saturated heterocycles. The highest BCUT2D eigenvalue weighted by Crippen LogP contribution is 2.30. The molecule has 0 atom stereocenters. The van der Waals surface area contributed by atoms with Crippen molar-refractivity contribution >= 4 is 50.6 Å². The number of thiophene rings is 1. The molecule has 0 bridgehead atoms. The van der Waals surface area contributed by atoms with Crippen LogP contribution in [0.15, 0.2) is 59.2 Å².